The molecule has 0 fully saturated rings. The van der Waals surface area contributed by atoms with Crippen LogP contribution in [0.1, 0.15) is 26.3 Å². The molecule has 4 rings (SSSR count). The predicted molar refractivity (Wildman–Crippen MR) is 132 cm³/mol. The van der Waals surface area contributed by atoms with Gasteiger partial charge in [0.15, 0.2) is 0 Å². The van der Waals surface area contributed by atoms with E-state index in [2.05, 4.69) is 32.9 Å². The first-order valence-corrected chi connectivity index (χ1v) is 10.7. The molecule has 0 aliphatic carbocycles. The molecule has 3 heteroatoms. The van der Waals surface area contributed by atoms with Crippen molar-refractivity contribution in [1.82, 2.24) is 0 Å². The van der Waals surface area contributed by atoms with Gasteiger partial charge in [0.05, 0.1) is 0 Å². The zero-order valence-corrected chi connectivity index (χ0v) is 18.8. The van der Waals surface area contributed by atoms with E-state index in [0.717, 1.165) is 39.4 Å². The number of hydrogen-bond acceptors (Lipinski definition) is 2. The van der Waals surface area contributed by atoms with Gasteiger partial charge in [-0.25, -0.2) is 0 Å². The van der Waals surface area contributed by atoms with Crippen LogP contribution in [0.5, 0.6) is 11.5 Å². The summed E-state index contributed by atoms with van der Waals surface area (Å²) in [4.78, 5) is 0. The van der Waals surface area contributed by atoms with Crippen molar-refractivity contribution in [2.45, 2.75) is 26.2 Å². The van der Waals surface area contributed by atoms with Crippen molar-refractivity contribution in [1.29, 1.82) is 0 Å². The summed E-state index contributed by atoms with van der Waals surface area (Å²) in [6.07, 6.45) is 0. The van der Waals surface area contributed by atoms with Gasteiger partial charge in [-0.2, -0.15) is 0 Å². The number of benzene rings is 4. The second kappa shape index (κ2) is 8.49. The van der Waals surface area contributed by atoms with E-state index >= 15 is 0 Å². The zero-order valence-electron chi connectivity index (χ0n) is 18.0. The smallest absolute Gasteiger partial charge is 0.135 e. The summed E-state index contributed by atoms with van der Waals surface area (Å²) < 4.78 is 6.47. The number of nitrogens with two attached hydrogens (primary N) is 1. The van der Waals surface area contributed by atoms with Crippen LogP contribution < -0.4 is 10.5 Å². The molecule has 2 nitrogen and oxygen atoms in total. The number of hydrogen-bond donors (Lipinski definition) is 1. The van der Waals surface area contributed by atoms with Crippen molar-refractivity contribution in [2.24, 2.45) is 0 Å². The summed E-state index contributed by atoms with van der Waals surface area (Å²) in [6.45, 7) is 6.60. The lowest BCUT2D eigenvalue weighted by Gasteiger charge is -2.22. The molecule has 0 unspecified atom stereocenters. The van der Waals surface area contributed by atoms with Crippen molar-refractivity contribution < 1.29 is 4.74 Å². The van der Waals surface area contributed by atoms with Crippen molar-refractivity contribution in [3.05, 3.63) is 102 Å². The molecule has 156 valence electrons. The Hall–Kier alpha value is -3.23. The normalized spacial score (nSPS) is 11.4. The van der Waals surface area contributed by atoms with Gasteiger partial charge >= 0.3 is 0 Å². The van der Waals surface area contributed by atoms with E-state index in [9.17, 15) is 0 Å². The highest BCUT2D eigenvalue weighted by Gasteiger charge is 2.18. The minimum Gasteiger partial charge on any atom is -0.456 e. The van der Waals surface area contributed by atoms with E-state index in [-0.39, 0.29) is 5.41 Å². The molecule has 2 N–H and O–H groups in total. The van der Waals surface area contributed by atoms with Gasteiger partial charge in [-0.1, -0.05) is 93.0 Å². The van der Waals surface area contributed by atoms with Crippen LogP contribution in [0.2, 0.25) is 5.02 Å². The van der Waals surface area contributed by atoms with Crippen LogP contribution in [-0.2, 0) is 5.41 Å². The number of nitrogen functional groups attached to an aromatic ring is 1. The molecule has 0 aromatic heterocycles. The van der Waals surface area contributed by atoms with Gasteiger partial charge in [-0.15, -0.1) is 0 Å². The SMILES string of the molecule is CC(C)(C)c1ccc(N)c(-c2ccccc2Oc2ccccc2-c2ccccc2Cl)c1. The molecule has 0 heterocycles. The number of halogens is 1. The molecule has 31 heavy (non-hydrogen) atoms. The van der Waals surface area contributed by atoms with Crippen LogP contribution in [0.3, 0.4) is 0 Å². The number of para-hydroxylation sites is 2. The first-order chi connectivity index (χ1) is 14.8. The fourth-order valence-corrected chi connectivity index (χ4v) is 3.85. The molecule has 0 atom stereocenters. The highest BCUT2D eigenvalue weighted by Crippen LogP contribution is 2.41. The monoisotopic (exact) mass is 427 g/mol. The maximum atomic E-state index is 6.47. The summed E-state index contributed by atoms with van der Waals surface area (Å²) in [7, 11) is 0. The van der Waals surface area contributed by atoms with Gasteiger partial charge in [0, 0.05) is 33.0 Å². The van der Waals surface area contributed by atoms with Gasteiger partial charge in [0.25, 0.3) is 0 Å². The van der Waals surface area contributed by atoms with Crippen molar-refractivity contribution in [3.63, 3.8) is 0 Å². The average molecular weight is 428 g/mol. The standard InChI is InChI=1S/C28H26ClNO/c1-28(2,3)19-16-17-25(30)23(18-19)22-12-6-9-15-27(22)31-26-14-8-5-11-21(26)20-10-4-7-13-24(20)29/h4-18H,30H2,1-3H3. The van der Waals surface area contributed by atoms with Gasteiger partial charge in [0.1, 0.15) is 11.5 Å². The van der Waals surface area contributed by atoms with Gasteiger partial charge in [-0.3, -0.25) is 0 Å². The zero-order chi connectivity index (χ0) is 22.0. The van der Waals surface area contributed by atoms with E-state index in [1.54, 1.807) is 0 Å². The van der Waals surface area contributed by atoms with Gasteiger partial charge < -0.3 is 10.5 Å². The van der Waals surface area contributed by atoms with E-state index in [4.69, 9.17) is 22.1 Å². The fraction of sp³-hybridized carbons (Fsp3) is 0.143. The molecule has 0 amide bonds. The highest BCUT2D eigenvalue weighted by atomic mass is 35.5. The summed E-state index contributed by atoms with van der Waals surface area (Å²) in [5.74, 6) is 1.49. The van der Waals surface area contributed by atoms with E-state index < -0.39 is 0 Å². The lowest BCUT2D eigenvalue weighted by molar-refractivity contribution is 0.486. The largest absolute Gasteiger partial charge is 0.456 e. The van der Waals surface area contributed by atoms with Gasteiger partial charge in [-0.05, 0) is 41.3 Å². The quantitative estimate of drug-likeness (QED) is 0.332. The van der Waals surface area contributed by atoms with Crippen LogP contribution >= 0.6 is 11.6 Å². The topological polar surface area (TPSA) is 35.2 Å². The first kappa shape index (κ1) is 21.0. The molecule has 0 bridgehead atoms. The Balaban J connectivity index is 1.81. The minimum atomic E-state index is 0.0227. The van der Waals surface area contributed by atoms with Crippen LogP contribution in [0.25, 0.3) is 22.3 Å². The predicted octanol–water partition coefficient (Wildman–Crippen LogP) is 8.35. The number of rotatable bonds is 4. The maximum Gasteiger partial charge on any atom is 0.135 e. The number of anilines is 1. The summed E-state index contributed by atoms with van der Waals surface area (Å²) >= 11 is 6.47. The van der Waals surface area contributed by atoms with E-state index in [1.165, 1.54) is 5.56 Å². The first-order valence-electron chi connectivity index (χ1n) is 10.4. The van der Waals surface area contributed by atoms with Crippen LogP contribution in [-0.4, -0.2) is 0 Å². The third kappa shape index (κ3) is 4.45. The molecule has 4 aromatic carbocycles. The molecule has 0 saturated heterocycles. The molecular weight excluding hydrogens is 402 g/mol. The highest BCUT2D eigenvalue weighted by molar-refractivity contribution is 6.33. The number of ether oxygens (including phenoxy) is 1. The summed E-state index contributed by atoms with van der Waals surface area (Å²) in [6, 6.07) is 30.0. The lowest BCUT2D eigenvalue weighted by atomic mass is 9.85. The third-order valence-corrected chi connectivity index (χ3v) is 5.70. The fourth-order valence-electron chi connectivity index (χ4n) is 3.61. The Bertz CT molecular complexity index is 1220. The second-order valence-corrected chi connectivity index (χ2v) is 9.03. The Labute approximate surface area is 189 Å². The van der Waals surface area contributed by atoms with Crippen molar-refractivity contribution >= 4 is 17.3 Å². The Morgan fingerprint density at radius 3 is 1.74 bits per heavy atom. The Kier molecular flexibility index (Phi) is 5.75. The molecule has 4 aromatic rings. The minimum absolute atomic E-state index is 0.0227. The van der Waals surface area contributed by atoms with Crippen molar-refractivity contribution in [2.75, 3.05) is 5.73 Å². The molecular formula is C28H26ClNO. The Morgan fingerprint density at radius 1 is 0.645 bits per heavy atom. The molecule has 0 saturated carbocycles. The molecule has 0 aliphatic rings. The molecule has 0 radical (unpaired) electrons. The maximum absolute atomic E-state index is 6.47. The van der Waals surface area contributed by atoms with Crippen LogP contribution in [0.15, 0.2) is 91.0 Å². The second-order valence-electron chi connectivity index (χ2n) is 8.63. The van der Waals surface area contributed by atoms with Gasteiger partial charge in [0.2, 0.25) is 0 Å². The summed E-state index contributed by atoms with van der Waals surface area (Å²) in [5, 5.41) is 0.689. The van der Waals surface area contributed by atoms with Crippen LogP contribution in [0, 0.1) is 0 Å². The third-order valence-electron chi connectivity index (χ3n) is 5.37. The Morgan fingerprint density at radius 2 is 1.16 bits per heavy atom. The van der Waals surface area contributed by atoms with Crippen molar-refractivity contribution in [3.8, 4) is 33.8 Å². The molecule has 0 aliphatic heterocycles. The lowest BCUT2D eigenvalue weighted by Crippen LogP contribution is -2.11. The van der Waals surface area contributed by atoms with Crippen LogP contribution in [0.4, 0.5) is 5.69 Å². The average Bonchev–Trinajstić information content (AvgIpc) is 2.75. The molecule has 0 spiro atoms. The summed E-state index contributed by atoms with van der Waals surface area (Å²) in [5.41, 5.74) is 12.2. The van der Waals surface area contributed by atoms with E-state index in [0.29, 0.717) is 5.02 Å². The van der Waals surface area contributed by atoms with E-state index in [1.807, 2.05) is 78.9 Å².